The van der Waals surface area contributed by atoms with E-state index in [-0.39, 0.29) is 30.2 Å². The second kappa shape index (κ2) is 8.12. The predicted molar refractivity (Wildman–Crippen MR) is 126 cm³/mol. The number of hydrogen-bond donors (Lipinski definition) is 2. The van der Waals surface area contributed by atoms with Crippen LogP contribution in [0.2, 0.25) is 0 Å². The van der Waals surface area contributed by atoms with E-state index >= 15 is 0 Å². The minimum atomic E-state index is -0.953. The zero-order valence-corrected chi connectivity index (χ0v) is 20.0. The van der Waals surface area contributed by atoms with Crippen LogP contribution in [-0.2, 0) is 11.2 Å². The Hall–Kier alpha value is -2.41. The number of nitrogens with zero attached hydrogens (tertiary/aromatic N) is 3. The molecule has 0 aliphatic heterocycles. The molecule has 6 rings (SSSR count). The minimum absolute atomic E-state index is 0.0780. The van der Waals surface area contributed by atoms with Crippen LogP contribution in [0.3, 0.4) is 0 Å². The Labute approximate surface area is 195 Å². The van der Waals surface area contributed by atoms with Gasteiger partial charge in [-0.25, -0.2) is 4.98 Å². The Morgan fingerprint density at radius 2 is 1.82 bits per heavy atom. The maximum atomic E-state index is 13.2. The summed E-state index contributed by atoms with van der Waals surface area (Å²) in [4.78, 5) is 31.8. The highest BCUT2D eigenvalue weighted by molar-refractivity contribution is 5.93. The van der Waals surface area contributed by atoms with Crippen molar-refractivity contribution in [1.82, 2.24) is 19.6 Å². The number of imidazole rings is 1. The molecule has 0 aromatic carbocycles. The van der Waals surface area contributed by atoms with Crippen molar-refractivity contribution in [3.63, 3.8) is 0 Å². The lowest BCUT2D eigenvalue weighted by molar-refractivity contribution is -0.131. The first-order valence-corrected chi connectivity index (χ1v) is 12.3. The first kappa shape index (κ1) is 22.4. The Balaban J connectivity index is 1.27. The summed E-state index contributed by atoms with van der Waals surface area (Å²) in [6.07, 6.45) is 9.89. The van der Waals surface area contributed by atoms with Gasteiger partial charge in [0, 0.05) is 26.3 Å². The molecule has 0 saturated heterocycles. The van der Waals surface area contributed by atoms with Crippen LogP contribution >= 0.6 is 0 Å². The van der Waals surface area contributed by atoms with Crippen molar-refractivity contribution in [3.05, 3.63) is 35.8 Å². The van der Waals surface area contributed by atoms with Gasteiger partial charge in [-0.3, -0.25) is 14.0 Å². The molecule has 0 atom stereocenters. The topological polar surface area (TPSA) is 86.9 Å². The molecule has 0 radical (unpaired) electrons. The molecule has 4 bridgehead atoms. The van der Waals surface area contributed by atoms with Gasteiger partial charge in [0.05, 0.1) is 17.7 Å². The molecule has 7 nitrogen and oxygen atoms in total. The number of likely N-dealkylation sites (N-methyl/N-ethyl adjacent to an activating group) is 1. The van der Waals surface area contributed by atoms with Crippen molar-refractivity contribution < 1.29 is 14.7 Å². The normalized spacial score (nSPS) is 28.3. The number of aliphatic hydroxyl groups is 1. The maximum Gasteiger partial charge on any atom is 0.268 e. The number of pyridine rings is 1. The molecular weight excluding hydrogens is 416 g/mol. The van der Waals surface area contributed by atoms with Gasteiger partial charge in [-0.2, -0.15) is 0 Å². The molecule has 4 aliphatic carbocycles. The summed E-state index contributed by atoms with van der Waals surface area (Å²) in [6, 6.07) is 5.51. The fourth-order valence-corrected chi connectivity index (χ4v) is 7.15. The Kier molecular flexibility index (Phi) is 5.51. The van der Waals surface area contributed by atoms with Gasteiger partial charge in [-0.1, -0.05) is 6.07 Å². The molecule has 4 saturated carbocycles. The van der Waals surface area contributed by atoms with E-state index < -0.39 is 5.60 Å². The number of aromatic nitrogens is 2. The van der Waals surface area contributed by atoms with E-state index in [1.54, 1.807) is 31.5 Å². The molecule has 7 heteroatoms. The summed E-state index contributed by atoms with van der Waals surface area (Å²) >= 11 is 0. The van der Waals surface area contributed by atoms with Crippen molar-refractivity contribution in [2.75, 3.05) is 20.1 Å². The van der Waals surface area contributed by atoms with Gasteiger partial charge in [0.2, 0.25) is 5.91 Å². The number of carbonyl (C=O) groups is 2. The quantitative estimate of drug-likeness (QED) is 0.676. The first-order valence-electron chi connectivity index (χ1n) is 12.3. The Morgan fingerprint density at radius 1 is 1.18 bits per heavy atom. The highest BCUT2D eigenvalue weighted by atomic mass is 16.3. The lowest BCUT2D eigenvalue weighted by Crippen LogP contribution is -2.51. The van der Waals surface area contributed by atoms with Gasteiger partial charge in [0.25, 0.3) is 5.91 Å². The number of fused-ring (bicyclic) bond motifs is 1. The van der Waals surface area contributed by atoms with Crippen LogP contribution in [0.4, 0.5) is 0 Å². The second-order valence-corrected chi connectivity index (χ2v) is 11.7. The molecule has 178 valence electrons. The molecule has 2 aromatic rings. The third-order valence-electron chi connectivity index (χ3n) is 7.95. The number of nitrogens with one attached hydrogen (secondary N) is 1. The molecule has 2 heterocycles. The minimum Gasteiger partial charge on any atom is -0.389 e. The predicted octanol–water partition coefficient (Wildman–Crippen LogP) is 3.05. The Morgan fingerprint density at radius 3 is 2.42 bits per heavy atom. The van der Waals surface area contributed by atoms with E-state index in [4.69, 9.17) is 0 Å². The van der Waals surface area contributed by atoms with E-state index in [0.717, 1.165) is 24.3 Å². The number of rotatable bonds is 7. The van der Waals surface area contributed by atoms with Crippen LogP contribution in [0.25, 0.3) is 5.65 Å². The van der Waals surface area contributed by atoms with Gasteiger partial charge in [-0.15, -0.1) is 0 Å². The van der Waals surface area contributed by atoms with Crippen LogP contribution in [0, 0.1) is 23.2 Å². The van der Waals surface area contributed by atoms with Gasteiger partial charge in [0.15, 0.2) is 0 Å². The van der Waals surface area contributed by atoms with Crippen molar-refractivity contribution in [2.45, 2.75) is 64.4 Å². The van der Waals surface area contributed by atoms with Crippen LogP contribution in [0.15, 0.2) is 24.4 Å². The smallest absolute Gasteiger partial charge is 0.268 e. The van der Waals surface area contributed by atoms with Crippen LogP contribution in [0.1, 0.15) is 68.6 Å². The van der Waals surface area contributed by atoms with E-state index in [1.807, 2.05) is 18.2 Å². The summed E-state index contributed by atoms with van der Waals surface area (Å²) in [5.41, 5.74) is 1.16. The van der Waals surface area contributed by atoms with E-state index in [9.17, 15) is 14.7 Å². The molecule has 0 spiro atoms. The highest BCUT2D eigenvalue weighted by Crippen LogP contribution is 2.59. The van der Waals surface area contributed by atoms with E-state index in [1.165, 1.54) is 43.4 Å². The Bertz CT molecular complexity index is 1030. The fourth-order valence-electron chi connectivity index (χ4n) is 7.15. The van der Waals surface area contributed by atoms with E-state index in [0.29, 0.717) is 17.0 Å². The maximum absolute atomic E-state index is 13.2. The summed E-state index contributed by atoms with van der Waals surface area (Å²) in [7, 11) is 1.68. The van der Waals surface area contributed by atoms with Crippen molar-refractivity contribution in [1.29, 1.82) is 0 Å². The third kappa shape index (κ3) is 4.65. The molecule has 4 aliphatic rings. The number of amides is 2. The van der Waals surface area contributed by atoms with Crippen molar-refractivity contribution >= 4 is 17.5 Å². The SMILES string of the molecule is CN(CC(C)(C)O)C(=O)Cc1cn2c(C(=O)NCC34CC5CC(CC(C5)C3)C4)cccc2n1. The van der Waals surface area contributed by atoms with Gasteiger partial charge < -0.3 is 15.3 Å². The standard InChI is InChI=1S/C26H36N4O3/c1-25(2,33)16-29(3)23(31)10-20-14-30-21(5-4-6-22(30)28-20)24(32)27-15-26-11-17-7-18(12-26)9-19(8-17)13-26/h4-6,14,17-19,33H,7-13,15-16H2,1-3H3,(H,27,32). The van der Waals surface area contributed by atoms with Crippen molar-refractivity contribution in [3.8, 4) is 0 Å². The van der Waals surface area contributed by atoms with Crippen LogP contribution in [-0.4, -0.2) is 56.9 Å². The second-order valence-electron chi connectivity index (χ2n) is 11.7. The van der Waals surface area contributed by atoms with Crippen LogP contribution in [0.5, 0.6) is 0 Å². The number of hydrogen-bond acceptors (Lipinski definition) is 4. The zero-order chi connectivity index (χ0) is 23.4. The molecule has 2 aromatic heterocycles. The average Bonchev–Trinajstić information content (AvgIpc) is 3.12. The number of carbonyl (C=O) groups excluding carboxylic acids is 2. The summed E-state index contributed by atoms with van der Waals surface area (Å²) < 4.78 is 1.79. The highest BCUT2D eigenvalue weighted by Gasteiger charge is 2.50. The molecule has 4 fully saturated rings. The summed E-state index contributed by atoms with van der Waals surface area (Å²) in [5.74, 6) is 2.39. The summed E-state index contributed by atoms with van der Waals surface area (Å²) in [5, 5.41) is 13.2. The summed E-state index contributed by atoms with van der Waals surface area (Å²) in [6.45, 7) is 4.36. The third-order valence-corrected chi connectivity index (χ3v) is 7.95. The molecular formula is C26H36N4O3. The molecule has 33 heavy (non-hydrogen) atoms. The molecule has 0 unspecified atom stereocenters. The van der Waals surface area contributed by atoms with Crippen LogP contribution < -0.4 is 5.32 Å². The zero-order valence-electron chi connectivity index (χ0n) is 20.0. The lowest BCUT2D eigenvalue weighted by Gasteiger charge is -2.56. The van der Waals surface area contributed by atoms with Gasteiger partial charge in [0.1, 0.15) is 11.3 Å². The molecule has 2 N–H and O–H groups in total. The van der Waals surface area contributed by atoms with Gasteiger partial charge in [-0.05, 0) is 87.7 Å². The largest absolute Gasteiger partial charge is 0.389 e. The lowest BCUT2D eigenvalue weighted by atomic mass is 9.49. The monoisotopic (exact) mass is 452 g/mol. The molecule has 2 amide bonds. The average molecular weight is 453 g/mol. The fraction of sp³-hybridized carbons (Fsp3) is 0.654. The van der Waals surface area contributed by atoms with E-state index in [2.05, 4.69) is 10.3 Å². The first-order chi connectivity index (χ1) is 15.6. The van der Waals surface area contributed by atoms with Crippen molar-refractivity contribution in [2.24, 2.45) is 23.2 Å². The van der Waals surface area contributed by atoms with Gasteiger partial charge >= 0.3 is 0 Å².